The number of aryl methyl sites for hydroxylation is 1. The number of H-pyrrole nitrogens is 1. The molecule has 0 amide bonds. The monoisotopic (exact) mass is 503 g/mol. The van der Waals surface area contributed by atoms with Gasteiger partial charge in [0.1, 0.15) is 11.9 Å². The van der Waals surface area contributed by atoms with E-state index in [-0.39, 0.29) is 17.5 Å². The van der Waals surface area contributed by atoms with E-state index in [0.717, 1.165) is 54.7 Å². The summed E-state index contributed by atoms with van der Waals surface area (Å²) in [7, 11) is 0. The molecule has 0 radical (unpaired) electrons. The molecule has 37 heavy (non-hydrogen) atoms. The van der Waals surface area contributed by atoms with E-state index in [2.05, 4.69) is 30.3 Å². The van der Waals surface area contributed by atoms with Crippen LogP contribution >= 0.6 is 0 Å². The second-order valence-corrected chi connectivity index (χ2v) is 9.90. The van der Waals surface area contributed by atoms with Crippen molar-refractivity contribution in [2.45, 2.75) is 38.5 Å². The lowest BCUT2D eigenvalue weighted by Crippen LogP contribution is -2.49. The highest BCUT2D eigenvalue weighted by Crippen LogP contribution is 2.29. The maximum absolute atomic E-state index is 13.5. The normalized spacial score (nSPS) is 19.5. The third kappa shape index (κ3) is 4.86. The minimum absolute atomic E-state index is 0.0658. The van der Waals surface area contributed by atoms with Gasteiger partial charge in [-0.15, -0.1) is 5.10 Å². The number of tetrazole rings is 1. The molecule has 2 fully saturated rings. The van der Waals surface area contributed by atoms with E-state index in [1.165, 1.54) is 12.1 Å². The smallest absolute Gasteiger partial charge is 0.253 e. The van der Waals surface area contributed by atoms with Crippen molar-refractivity contribution in [1.82, 2.24) is 30.1 Å². The summed E-state index contributed by atoms with van der Waals surface area (Å²) in [5, 5.41) is 13.7. The fourth-order valence-electron chi connectivity index (χ4n) is 5.44. The van der Waals surface area contributed by atoms with Gasteiger partial charge in [-0.05, 0) is 77.5 Å². The topological polar surface area (TPSA) is 92.2 Å². The molecule has 4 heterocycles. The molecular formula is C27H30FN7O2. The zero-order valence-electron chi connectivity index (χ0n) is 20.8. The predicted octanol–water partition coefficient (Wildman–Crippen LogP) is 3.05. The number of pyridine rings is 1. The van der Waals surface area contributed by atoms with Gasteiger partial charge in [0.25, 0.3) is 5.56 Å². The zero-order valence-corrected chi connectivity index (χ0v) is 20.8. The number of ether oxygens (including phenoxy) is 1. The molecule has 2 aromatic heterocycles. The molecule has 2 saturated heterocycles. The van der Waals surface area contributed by atoms with Gasteiger partial charge in [-0.25, -0.2) is 9.07 Å². The van der Waals surface area contributed by atoms with Gasteiger partial charge in [-0.2, -0.15) is 0 Å². The Kier molecular flexibility index (Phi) is 6.43. The molecule has 2 aliphatic heterocycles. The number of nitrogens with one attached hydrogen (secondary N) is 1. The maximum Gasteiger partial charge on any atom is 0.253 e. The molecule has 0 saturated carbocycles. The molecule has 1 N–H and O–H groups in total. The van der Waals surface area contributed by atoms with E-state index < -0.39 is 6.04 Å². The molecular weight excluding hydrogens is 473 g/mol. The van der Waals surface area contributed by atoms with Crippen molar-refractivity contribution in [3.05, 3.63) is 81.7 Å². The number of anilines is 1. The lowest BCUT2D eigenvalue weighted by molar-refractivity contribution is 0.0906. The van der Waals surface area contributed by atoms with Crippen molar-refractivity contribution in [3.8, 4) is 0 Å². The van der Waals surface area contributed by atoms with Gasteiger partial charge < -0.3 is 14.6 Å². The third-order valence-electron chi connectivity index (χ3n) is 7.40. The van der Waals surface area contributed by atoms with Crippen molar-refractivity contribution in [2.24, 2.45) is 0 Å². The molecule has 0 spiro atoms. The van der Waals surface area contributed by atoms with Gasteiger partial charge in [-0.1, -0.05) is 12.1 Å². The Morgan fingerprint density at radius 1 is 1.11 bits per heavy atom. The fraction of sp³-hybridized carbons (Fsp3) is 0.407. The van der Waals surface area contributed by atoms with Gasteiger partial charge in [-0.3, -0.25) is 9.69 Å². The van der Waals surface area contributed by atoms with Crippen LogP contribution in [0.1, 0.15) is 35.8 Å². The number of hydrogen-bond donors (Lipinski definition) is 1. The molecule has 9 nitrogen and oxygen atoms in total. The number of halogens is 1. The summed E-state index contributed by atoms with van der Waals surface area (Å²) in [5.41, 5.74) is 3.36. The largest absolute Gasteiger partial charge is 0.376 e. The minimum Gasteiger partial charge on any atom is -0.376 e. The highest BCUT2D eigenvalue weighted by molar-refractivity contribution is 5.79. The Labute approximate surface area is 213 Å². The van der Waals surface area contributed by atoms with Crippen molar-refractivity contribution in [3.63, 3.8) is 0 Å². The van der Waals surface area contributed by atoms with Crippen molar-refractivity contribution >= 4 is 16.6 Å². The second kappa shape index (κ2) is 10.0. The second-order valence-electron chi connectivity index (χ2n) is 9.90. The number of aromatic amines is 1. The zero-order chi connectivity index (χ0) is 25.4. The fourth-order valence-corrected chi connectivity index (χ4v) is 5.44. The number of benzene rings is 2. The summed E-state index contributed by atoms with van der Waals surface area (Å²) >= 11 is 0. The summed E-state index contributed by atoms with van der Waals surface area (Å²) in [6, 6.07) is 14.2. The van der Waals surface area contributed by atoms with Gasteiger partial charge in [0.2, 0.25) is 0 Å². The van der Waals surface area contributed by atoms with Gasteiger partial charge in [0.15, 0.2) is 5.82 Å². The van der Waals surface area contributed by atoms with Crippen LogP contribution in [0.4, 0.5) is 10.1 Å². The Morgan fingerprint density at radius 3 is 2.68 bits per heavy atom. The number of nitrogens with zero attached hydrogens (tertiary/aromatic N) is 6. The summed E-state index contributed by atoms with van der Waals surface area (Å²) < 4.78 is 21.1. The highest BCUT2D eigenvalue weighted by atomic mass is 19.1. The van der Waals surface area contributed by atoms with Crippen molar-refractivity contribution in [2.75, 3.05) is 37.7 Å². The number of rotatable bonds is 6. The van der Waals surface area contributed by atoms with E-state index in [9.17, 15) is 9.18 Å². The molecule has 10 heteroatoms. The van der Waals surface area contributed by atoms with E-state index in [1.807, 2.05) is 31.2 Å². The number of piperazine rings is 1. The summed E-state index contributed by atoms with van der Waals surface area (Å²) in [6.07, 6.45) is 2.06. The van der Waals surface area contributed by atoms with Crippen molar-refractivity contribution in [1.29, 1.82) is 0 Å². The Bertz CT molecular complexity index is 1440. The maximum atomic E-state index is 13.5. The van der Waals surface area contributed by atoms with Crippen LogP contribution in [-0.4, -0.2) is 69.0 Å². The standard InChI is InChI=1S/C27H30FN7O2/c1-18-4-5-19-16-23(27(36)29-24(19)15-18)25(26-30-31-32-35(26)17-22-3-2-14-37-22)34-12-10-33(11-13-34)21-8-6-20(28)7-9-21/h4-9,15-16,22,25H,2-3,10-14,17H2,1H3,(H,29,36). The van der Waals surface area contributed by atoms with Gasteiger partial charge >= 0.3 is 0 Å². The van der Waals surface area contributed by atoms with Crippen LogP contribution < -0.4 is 10.5 Å². The molecule has 0 aliphatic carbocycles. The van der Waals surface area contributed by atoms with Crippen LogP contribution in [0.15, 0.2) is 53.3 Å². The Hall–Kier alpha value is -3.63. The molecule has 6 rings (SSSR count). The van der Waals surface area contributed by atoms with Crippen LogP contribution in [0.25, 0.3) is 10.9 Å². The summed E-state index contributed by atoms with van der Waals surface area (Å²) in [6.45, 7) is 6.18. The molecule has 192 valence electrons. The molecule has 2 unspecified atom stereocenters. The Morgan fingerprint density at radius 2 is 1.92 bits per heavy atom. The first-order valence-electron chi connectivity index (χ1n) is 12.8. The SMILES string of the molecule is Cc1ccc2cc(C(c3nnnn3CC3CCCO3)N3CCN(c4ccc(F)cc4)CC3)c(=O)[nH]c2c1. The first-order valence-corrected chi connectivity index (χ1v) is 12.8. The Balaban J connectivity index is 1.35. The van der Waals surface area contributed by atoms with Gasteiger partial charge in [0.05, 0.1) is 12.6 Å². The number of fused-ring (bicyclic) bond motifs is 1. The quantitative estimate of drug-likeness (QED) is 0.432. The average Bonchev–Trinajstić information content (AvgIpc) is 3.58. The van der Waals surface area contributed by atoms with Crippen LogP contribution in [0.2, 0.25) is 0 Å². The molecule has 2 aliphatic rings. The summed E-state index contributed by atoms with van der Waals surface area (Å²) in [4.78, 5) is 21.0. The van der Waals surface area contributed by atoms with Crippen molar-refractivity contribution < 1.29 is 9.13 Å². The molecule has 0 bridgehead atoms. The highest BCUT2D eigenvalue weighted by Gasteiger charge is 2.33. The third-order valence-corrected chi connectivity index (χ3v) is 7.40. The van der Waals surface area contributed by atoms with E-state index in [0.29, 0.717) is 31.0 Å². The number of hydrogen-bond acceptors (Lipinski definition) is 7. The van der Waals surface area contributed by atoms with E-state index in [1.54, 1.807) is 16.8 Å². The average molecular weight is 504 g/mol. The molecule has 4 aromatic rings. The van der Waals surface area contributed by atoms with Crippen LogP contribution in [0.3, 0.4) is 0 Å². The van der Waals surface area contributed by atoms with Crippen LogP contribution in [-0.2, 0) is 11.3 Å². The number of aromatic nitrogens is 5. The lowest BCUT2D eigenvalue weighted by atomic mass is 10.0. The van der Waals surface area contributed by atoms with Gasteiger partial charge in [0, 0.05) is 49.6 Å². The predicted molar refractivity (Wildman–Crippen MR) is 138 cm³/mol. The first kappa shape index (κ1) is 23.7. The minimum atomic E-state index is -0.416. The van der Waals surface area contributed by atoms with E-state index in [4.69, 9.17) is 4.74 Å². The lowest BCUT2D eigenvalue weighted by Gasteiger charge is -2.39. The first-order chi connectivity index (χ1) is 18.0. The molecule has 2 atom stereocenters. The van der Waals surface area contributed by atoms with Crippen LogP contribution in [0.5, 0.6) is 0 Å². The summed E-state index contributed by atoms with van der Waals surface area (Å²) in [5.74, 6) is 0.397. The van der Waals surface area contributed by atoms with Crippen LogP contribution in [0, 0.1) is 12.7 Å². The molecule has 2 aromatic carbocycles. The van der Waals surface area contributed by atoms with E-state index >= 15 is 0 Å².